The predicted octanol–water partition coefficient (Wildman–Crippen LogP) is 4.60. The number of non-ortho nitro benzene ring substituents is 1. The zero-order chi connectivity index (χ0) is 19.3. The summed E-state index contributed by atoms with van der Waals surface area (Å²) in [7, 11) is 0. The van der Waals surface area contributed by atoms with Gasteiger partial charge < -0.3 is 5.32 Å². The number of nitro groups is 1. The zero-order valence-electron chi connectivity index (χ0n) is 13.3. The summed E-state index contributed by atoms with van der Waals surface area (Å²) in [6, 6.07) is 10.8. The summed E-state index contributed by atoms with van der Waals surface area (Å²) in [6.45, 7) is -0.210. The minimum absolute atomic E-state index is 0.0106. The molecule has 0 saturated carbocycles. The van der Waals surface area contributed by atoms with Gasteiger partial charge in [0.2, 0.25) is 5.91 Å². The van der Waals surface area contributed by atoms with Gasteiger partial charge in [0.1, 0.15) is 0 Å². The highest BCUT2D eigenvalue weighted by molar-refractivity contribution is 6.31. The van der Waals surface area contributed by atoms with Gasteiger partial charge in [0.05, 0.1) is 10.8 Å². The van der Waals surface area contributed by atoms with E-state index in [1.165, 1.54) is 42.5 Å². The molecule has 1 atom stereocenters. The first-order valence-electron chi connectivity index (χ1n) is 7.49. The molecule has 0 bridgehead atoms. The molecule has 2 aromatic carbocycles. The summed E-state index contributed by atoms with van der Waals surface area (Å²) in [5.74, 6) is -2.77. The highest BCUT2D eigenvalue weighted by Gasteiger charge is 2.41. The molecule has 1 N–H and O–H groups in total. The molecule has 2 aromatic rings. The van der Waals surface area contributed by atoms with Crippen LogP contribution >= 0.6 is 11.6 Å². The number of hydrogen-bond donors (Lipinski definition) is 1. The Morgan fingerprint density at radius 2 is 1.85 bits per heavy atom. The van der Waals surface area contributed by atoms with Gasteiger partial charge in [0.15, 0.2) is 0 Å². The molecule has 9 heteroatoms. The van der Waals surface area contributed by atoms with Gasteiger partial charge in [-0.3, -0.25) is 14.9 Å². The van der Waals surface area contributed by atoms with Gasteiger partial charge in [-0.05, 0) is 17.2 Å². The Kier molecular flexibility index (Phi) is 6.20. The fourth-order valence-corrected chi connectivity index (χ4v) is 2.55. The van der Waals surface area contributed by atoms with E-state index in [0.29, 0.717) is 0 Å². The van der Waals surface area contributed by atoms with Crippen LogP contribution < -0.4 is 5.32 Å². The quantitative estimate of drug-likeness (QED) is 0.582. The molecule has 0 aromatic heterocycles. The lowest BCUT2D eigenvalue weighted by atomic mass is 9.95. The average molecular weight is 387 g/mol. The van der Waals surface area contributed by atoms with E-state index in [0.717, 1.165) is 0 Å². The molecule has 0 fully saturated rings. The number of amides is 1. The SMILES string of the molecule is O=C(C[C@H](c1ccccc1)C(F)(F)F)NCc1cc([N+](=O)[O-])ccc1Cl. The molecule has 2 rings (SSSR count). The van der Waals surface area contributed by atoms with Crippen LogP contribution in [0.15, 0.2) is 48.5 Å². The molecule has 138 valence electrons. The Balaban J connectivity index is 2.08. The predicted molar refractivity (Wildman–Crippen MR) is 89.8 cm³/mol. The lowest BCUT2D eigenvalue weighted by molar-refractivity contribution is -0.384. The summed E-state index contributed by atoms with van der Waals surface area (Å²) in [5, 5.41) is 13.3. The largest absolute Gasteiger partial charge is 0.396 e. The van der Waals surface area contributed by atoms with Crippen LogP contribution in [0.4, 0.5) is 18.9 Å². The average Bonchev–Trinajstić information content (AvgIpc) is 2.58. The maximum Gasteiger partial charge on any atom is 0.396 e. The number of halogens is 4. The van der Waals surface area contributed by atoms with E-state index < -0.39 is 29.3 Å². The van der Waals surface area contributed by atoms with Crippen LogP contribution in [0, 0.1) is 10.1 Å². The Hall–Kier alpha value is -2.61. The van der Waals surface area contributed by atoms with Crippen molar-refractivity contribution in [1.29, 1.82) is 0 Å². The van der Waals surface area contributed by atoms with E-state index in [-0.39, 0.29) is 28.4 Å². The number of nitrogens with one attached hydrogen (secondary N) is 1. The second-order valence-electron chi connectivity index (χ2n) is 5.52. The minimum atomic E-state index is -4.58. The molecule has 1 amide bonds. The van der Waals surface area contributed by atoms with Crippen molar-refractivity contribution >= 4 is 23.2 Å². The van der Waals surface area contributed by atoms with Crippen molar-refractivity contribution in [2.24, 2.45) is 0 Å². The minimum Gasteiger partial charge on any atom is -0.352 e. The first kappa shape index (κ1) is 19.7. The maximum atomic E-state index is 13.3. The van der Waals surface area contributed by atoms with Gasteiger partial charge in [-0.25, -0.2) is 0 Å². The molecule has 26 heavy (non-hydrogen) atoms. The molecule has 0 aliphatic carbocycles. The standard InChI is InChI=1S/C17H14ClF3N2O3/c18-15-7-6-13(23(25)26)8-12(15)10-22-16(24)9-14(17(19,20)21)11-4-2-1-3-5-11/h1-8,14H,9-10H2,(H,22,24)/t14-/m1/s1. The molecule has 0 spiro atoms. The van der Waals surface area contributed by atoms with Crippen LogP contribution in [0.5, 0.6) is 0 Å². The molecule has 0 radical (unpaired) electrons. The summed E-state index contributed by atoms with van der Waals surface area (Å²) >= 11 is 5.90. The molecular weight excluding hydrogens is 373 g/mol. The molecule has 0 aliphatic rings. The van der Waals surface area contributed by atoms with Crippen molar-refractivity contribution in [1.82, 2.24) is 5.32 Å². The van der Waals surface area contributed by atoms with Gasteiger partial charge in [0.25, 0.3) is 5.69 Å². The summed E-state index contributed by atoms with van der Waals surface area (Å²) < 4.78 is 39.8. The molecule has 0 saturated heterocycles. The van der Waals surface area contributed by atoms with Crippen molar-refractivity contribution < 1.29 is 22.9 Å². The Labute approximate surface area is 151 Å². The van der Waals surface area contributed by atoms with E-state index in [4.69, 9.17) is 11.6 Å². The maximum absolute atomic E-state index is 13.3. The number of alkyl halides is 3. The Morgan fingerprint density at radius 1 is 1.19 bits per heavy atom. The second kappa shape index (κ2) is 8.18. The van der Waals surface area contributed by atoms with Crippen molar-refractivity contribution in [2.45, 2.75) is 25.1 Å². The number of carbonyl (C=O) groups is 1. The third kappa shape index (κ3) is 5.19. The summed E-state index contributed by atoms with van der Waals surface area (Å²) in [5.41, 5.74) is 0.0112. The van der Waals surface area contributed by atoms with E-state index >= 15 is 0 Å². The van der Waals surface area contributed by atoms with Crippen LogP contribution in [0.3, 0.4) is 0 Å². The van der Waals surface area contributed by atoms with Crippen LogP contribution in [0.1, 0.15) is 23.5 Å². The first-order chi connectivity index (χ1) is 12.2. The number of hydrogen-bond acceptors (Lipinski definition) is 3. The third-order valence-corrected chi connectivity index (χ3v) is 4.07. The van der Waals surface area contributed by atoms with Crippen LogP contribution in [0.25, 0.3) is 0 Å². The van der Waals surface area contributed by atoms with Gasteiger partial charge in [-0.15, -0.1) is 0 Å². The normalized spacial score (nSPS) is 12.5. The van der Waals surface area contributed by atoms with E-state index in [1.807, 2.05) is 0 Å². The topological polar surface area (TPSA) is 72.2 Å². The van der Waals surface area contributed by atoms with Gasteiger partial charge >= 0.3 is 6.18 Å². The monoisotopic (exact) mass is 386 g/mol. The third-order valence-electron chi connectivity index (χ3n) is 3.70. The van der Waals surface area contributed by atoms with E-state index in [2.05, 4.69) is 5.32 Å². The number of nitro benzene ring substituents is 1. The molecule has 5 nitrogen and oxygen atoms in total. The number of benzene rings is 2. The van der Waals surface area contributed by atoms with E-state index in [1.54, 1.807) is 6.07 Å². The Bertz CT molecular complexity index is 798. The van der Waals surface area contributed by atoms with Crippen molar-refractivity contribution in [3.8, 4) is 0 Å². The van der Waals surface area contributed by atoms with Crippen LogP contribution in [-0.4, -0.2) is 17.0 Å². The zero-order valence-corrected chi connectivity index (χ0v) is 14.1. The summed E-state index contributed by atoms with van der Waals surface area (Å²) in [6.07, 6.45) is -5.37. The molecule has 0 heterocycles. The van der Waals surface area contributed by atoms with Crippen molar-refractivity contribution in [3.63, 3.8) is 0 Å². The Morgan fingerprint density at radius 3 is 2.42 bits per heavy atom. The highest BCUT2D eigenvalue weighted by Crippen LogP contribution is 2.37. The van der Waals surface area contributed by atoms with Gasteiger partial charge in [-0.1, -0.05) is 41.9 Å². The first-order valence-corrected chi connectivity index (χ1v) is 7.87. The highest BCUT2D eigenvalue weighted by atomic mass is 35.5. The number of carbonyl (C=O) groups excluding carboxylic acids is 1. The van der Waals surface area contributed by atoms with Crippen LogP contribution in [-0.2, 0) is 11.3 Å². The smallest absolute Gasteiger partial charge is 0.352 e. The molecular formula is C17H14ClF3N2O3. The summed E-state index contributed by atoms with van der Waals surface area (Å²) in [4.78, 5) is 22.1. The number of nitrogens with zero attached hydrogens (tertiary/aromatic N) is 1. The fourth-order valence-electron chi connectivity index (χ4n) is 2.37. The van der Waals surface area contributed by atoms with E-state index in [9.17, 15) is 28.1 Å². The van der Waals surface area contributed by atoms with Crippen LogP contribution in [0.2, 0.25) is 5.02 Å². The molecule has 0 unspecified atom stereocenters. The van der Waals surface area contributed by atoms with Gasteiger partial charge in [0, 0.05) is 30.1 Å². The van der Waals surface area contributed by atoms with Crippen molar-refractivity contribution in [2.75, 3.05) is 0 Å². The lowest BCUT2D eigenvalue weighted by Crippen LogP contribution is -2.30. The van der Waals surface area contributed by atoms with Crippen molar-refractivity contribution in [3.05, 3.63) is 74.8 Å². The molecule has 0 aliphatic heterocycles. The number of rotatable bonds is 6. The lowest BCUT2D eigenvalue weighted by Gasteiger charge is -2.20. The second-order valence-corrected chi connectivity index (χ2v) is 5.93. The van der Waals surface area contributed by atoms with Gasteiger partial charge in [-0.2, -0.15) is 13.2 Å². The fraction of sp³-hybridized carbons (Fsp3) is 0.235.